The monoisotopic (exact) mass is 294 g/mol. The second kappa shape index (κ2) is 9.45. The van der Waals surface area contributed by atoms with E-state index in [0.717, 1.165) is 32.0 Å². The van der Waals surface area contributed by atoms with E-state index >= 15 is 0 Å². The quantitative estimate of drug-likeness (QED) is 0.726. The third-order valence-corrected chi connectivity index (χ3v) is 5.41. The van der Waals surface area contributed by atoms with Crippen molar-refractivity contribution < 1.29 is 4.79 Å². The molecule has 3 nitrogen and oxygen atoms in total. The Balaban J connectivity index is 1.51. The SMILES string of the molecule is CN(CCCNC(=O)CC1CCCCC1)C1CCCCC1. The molecule has 122 valence electrons. The molecule has 3 heteroatoms. The number of nitrogens with one attached hydrogen (secondary N) is 1. The first-order chi connectivity index (χ1) is 10.3. The summed E-state index contributed by atoms with van der Waals surface area (Å²) >= 11 is 0. The lowest BCUT2D eigenvalue weighted by Gasteiger charge is -2.31. The van der Waals surface area contributed by atoms with Gasteiger partial charge in [-0.15, -0.1) is 0 Å². The largest absolute Gasteiger partial charge is 0.356 e. The van der Waals surface area contributed by atoms with Crippen molar-refractivity contribution in [1.29, 1.82) is 0 Å². The lowest BCUT2D eigenvalue weighted by molar-refractivity contribution is -0.122. The zero-order valence-corrected chi connectivity index (χ0v) is 13.9. The molecule has 2 fully saturated rings. The third-order valence-electron chi connectivity index (χ3n) is 5.41. The van der Waals surface area contributed by atoms with Crippen LogP contribution in [0.1, 0.15) is 77.0 Å². The van der Waals surface area contributed by atoms with Gasteiger partial charge in [0.05, 0.1) is 0 Å². The van der Waals surface area contributed by atoms with E-state index in [-0.39, 0.29) is 5.91 Å². The number of amides is 1. The molecule has 0 aromatic carbocycles. The molecule has 2 aliphatic carbocycles. The summed E-state index contributed by atoms with van der Waals surface area (Å²) in [5.74, 6) is 0.936. The molecule has 1 amide bonds. The van der Waals surface area contributed by atoms with Crippen molar-refractivity contribution in [3.05, 3.63) is 0 Å². The van der Waals surface area contributed by atoms with E-state index in [1.54, 1.807) is 0 Å². The van der Waals surface area contributed by atoms with Crippen molar-refractivity contribution in [3.8, 4) is 0 Å². The number of carbonyl (C=O) groups excluding carboxylic acids is 1. The topological polar surface area (TPSA) is 32.3 Å². The molecule has 2 aliphatic rings. The Kier molecular flexibility index (Phi) is 7.56. The first-order valence-electron chi connectivity index (χ1n) is 9.22. The summed E-state index contributed by atoms with van der Waals surface area (Å²) in [5.41, 5.74) is 0. The fourth-order valence-electron chi connectivity index (χ4n) is 3.99. The summed E-state index contributed by atoms with van der Waals surface area (Å²) in [7, 11) is 2.25. The minimum atomic E-state index is 0.280. The zero-order chi connectivity index (χ0) is 14.9. The lowest BCUT2D eigenvalue weighted by atomic mass is 9.87. The van der Waals surface area contributed by atoms with Crippen LogP contribution in [0.4, 0.5) is 0 Å². The predicted octanol–water partition coefficient (Wildman–Crippen LogP) is 3.73. The summed E-state index contributed by atoms with van der Waals surface area (Å²) in [6.07, 6.45) is 15.3. The van der Waals surface area contributed by atoms with Gasteiger partial charge in [-0.25, -0.2) is 0 Å². The van der Waals surface area contributed by atoms with Crippen molar-refractivity contribution in [1.82, 2.24) is 10.2 Å². The van der Waals surface area contributed by atoms with Crippen LogP contribution in [0.25, 0.3) is 0 Å². The minimum Gasteiger partial charge on any atom is -0.356 e. The molecule has 2 rings (SSSR count). The molecule has 0 unspecified atom stereocenters. The molecule has 2 saturated carbocycles. The second-order valence-electron chi connectivity index (χ2n) is 7.18. The normalized spacial score (nSPS) is 21.6. The van der Waals surface area contributed by atoms with Gasteiger partial charge in [0.2, 0.25) is 5.91 Å². The van der Waals surface area contributed by atoms with Crippen molar-refractivity contribution in [2.75, 3.05) is 20.1 Å². The van der Waals surface area contributed by atoms with Crippen LogP contribution in [0.3, 0.4) is 0 Å². The van der Waals surface area contributed by atoms with Gasteiger partial charge in [0, 0.05) is 19.0 Å². The molecule has 0 heterocycles. The summed E-state index contributed by atoms with van der Waals surface area (Å²) in [6, 6.07) is 0.789. The van der Waals surface area contributed by atoms with Gasteiger partial charge < -0.3 is 10.2 Å². The molecule has 1 N–H and O–H groups in total. The summed E-state index contributed by atoms with van der Waals surface area (Å²) in [5, 5.41) is 3.12. The van der Waals surface area contributed by atoms with Crippen molar-refractivity contribution in [2.24, 2.45) is 5.92 Å². The maximum Gasteiger partial charge on any atom is 0.220 e. The maximum atomic E-state index is 11.9. The molecule has 0 aliphatic heterocycles. The predicted molar refractivity (Wildman–Crippen MR) is 88.3 cm³/mol. The van der Waals surface area contributed by atoms with Crippen LogP contribution in [0.15, 0.2) is 0 Å². The van der Waals surface area contributed by atoms with E-state index < -0.39 is 0 Å². The molecule has 0 radical (unpaired) electrons. The highest BCUT2D eigenvalue weighted by Crippen LogP contribution is 2.26. The molecular weight excluding hydrogens is 260 g/mol. The highest BCUT2D eigenvalue weighted by Gasteiger charge is 2.18. The number of rotatable bonds is 7. The summed E-state index contributed by atoms with van der Waals surface area (Å²) in [4.78, 5) is 14.4. The minimum absolute atomic E-state index is 0.280. The van der Waals surface area contributed by atoms with Crippen LogP contribution in [0.2, 0.25) is 0 Å². The Bertz CT molecular complexity index is 294. The highest BCUT2D eigenvalue weighted by molar-refractivity contribution is 5.76. The van der Waals surface area contributed by atoms with Gasteiger partial charge in [-0.2, -0.15) is 0 Å². The summed E-state index contributed by atoms with van der Waals surface area (Å²) < 4.78 is 0. The molecule has 0 bridgehead atoms. The molecule has 0 aromatic heterocycles. The number of carbonyl (C=O) groups is 1. The Hall–Kier alpha value is -0.570. The van der Waals surface area contributed by atoms with Crippen molar-refractivity contribution in [3.63, 3.8) is 0 Å². The van der Waals surface area contributed by atoms with Gasteiger partial charge in [-0.05, 0) is 51.6 Å². The average molecular weight is 294 g/mol. The summed E-state index contributed by atoms with van der Waals surface area (Å²) in [6.45, 7) is 1.97. The number of hydrogen-bond donors (Lipinski definition) is 1. The molecule has 0 aromatic rings. The van der Waals surface area contributed by atoms with E-state index in [0.29, 0.717) is 5.92 Å². The fourth-order valence-corrected chi connectivity index (χ4v) is 3.99. The third kappa shape index (κ3) is 6.37. The van der Waals surface area contributed by atoms with E-state index in [4.69, 9.17) is 0 Å². The van der Waals surface area contributed by atoms with Crippen molar-refractivity contribution >= 4 is 5.91 Å². The van der Waals surface area contributed by atoms with Crippen molar-refractivity contribution in [2.45, 2.75) is 83.1 Å². The van der Waals surface area contributed by atoms with Crippen LogP contribution >= 0.6 is 0 Å². The van der Waals surface area contributed by atoms with E-state index in [1.807, 2.05) is 0 Å². The number of nitrogens with zero attached hydrogens (tertiary/aromatic N) is 1. The van der Waals surface area contributed by atoms with Gasteiger partial charge in [0.1, 0.15) is 0 Å². The molecule has 0 saturated heterocycles. The average Bonchev–Trinajstić information content (AvgIpc) is 2.53. The smallest absolute Gasteiger partial charge is 0.220 e. The second-order valence-corrected chi connectivity index (χ2v) is 7.18. The Morgan fingerprint density at radius 2 is 1.62 bits per heavy atom. The zero-order valence-electron chi connectivity index (χ0n) is 13.9. The lowest BCUT2D eigenvalue weighted by Crippen LogP contribution is -2.36. The van der Waals surface area contributed by atoms with Crippen LogP contribution in [0, 0.1) is 5.92 Å². The van der Waals surface area contributed by atoms with Gasteiger partial charge in [-0.1, -0.05) is 38.5 Å². The van der Waals surface area contributed by atoms with Crippen LogP contribution in [-0.4, -0.2) is 37.0 Å². The first-order valence-corrected chi connectivity index (χ1v) is 9.22. The molecule has 21 heavy (non-hydrogen) atoms. The molecule has 0 spiro atoms. The van der Waals surface area contributed by atoms with Crippen LogP contribution in [-0.2, 0) is 4.79 Å². The fraction of sp³-hybridized carbons (Fsp3) is 0.944. The van der Waals surface area contributed by atoms with E-state index in [2.05, 4.69) is 17.3 Å². The standard InChI is InChI=1S/C18H34N2O/c1-20(17-11-6-3-7-12-17)14-8-13-19-18(21)15-16-9-4-2-5-10-16/h16-17H,2-15H2,1H3,(H,19,21). The van der Waals surface area contributed by atoms with E-state index in [9.17, 15) is 4.79 Å². The Morgan fingerprint density at radius 1 is 1.00 bits per heavy atom. The molecular formula is C18H34N2O. The first kappa shape index (κ1) is 16.8. The van der Waals surface area contributed by atoms with Gasteiger partial charge in [0.15, 0.2) is 0 Å². The van der Waals surface area contributed by atoms with Crippen LogP contribution < -0.4 is 5.32 Å². The Labute approximate surface area is 130 Å². The van der Waals surface area contributed by atoms with Gasteiger partial charge >= 0.3 is 0 Å². The maximum absolute atomic E-state index is 11.9. The van der Waals surface area contributed by atoms with Crippen LogP contribution in [0.5, 0.6) is 0 Å². The number of hydrogen-bond acceptors (Lipinski definition) is 2. The molecule has 0 atom stereocenters. The van der Waals surface area contributed by atoms with Gasteiger partial charge in [0.25, 0.3) is 0 Å². The van der Waals surface area contributed by atoms with Gasteiger partial charge in [-0.3, -0.25) is 4.79 Å². The highest BCUT2D eigenvalue weighted by atomic mass is 16.1. The van der Waals surface area contributed by atoms with E-state index in [1.165, 1.54) is 64.2 Å². The Morgan fingerprint density at radius 3 is 2.29 bits per heavy atom.